The van der Waals surface area contributed by atoms with Crippen molar-refractivity contribution in [1.82, 2.24) is 4.90 Å². The molecule has 8 heteroatoms. The Morgan fingerprint density at radius 2 is 1.54 bits per heavy atom. The Hall–Kier alpha value is -4.04. The van der Waals surface area contributed by atoms with E-state index in [1.54, 1.807) is 36.4 Å². The van der Waals surface area contributed by atoms with E-state index in [4.69, 9.17) is 14.2 Å². The van der Waals surface area contributed by atoms with Crippen molar-refractivity contribution in [1.29, 1.82) is 0 Å². The van der Waals surface area contributed by atoms with Crippen LogP contribution >= 0.6 is 0 Å². The summed E-state index contributed by atoms with van der Waals surface area (Å²) in [5, 5.41) is 5.72. The molecule has 3 aromatic rings. The third-order valence-electron chi connectivity index (χ3n) is 5.33. The van der Waals surface area contributed by atoms with Crippen LogP contribution in [-0.2, 0) is 11.3 Å². The molecule has 0 atom stereocenters. The number of amides is 2. The van der Waals surface area contributed by atoms with Gasteiger partial charge in [-0.15, -0.1) is 0 Å². The molecule has 0 aliphatic carbocycles. The van der Waals surface area contributed by atoms with Crippen molar-refractivity contribution in [2.45, 2.75) is 13.5 Å². The molecule has 0 bridgehead atoms. The van der Waals surface area contributed by atoms with Crippen LogP contribution in [0, 0.1) is 0 Å². The van der Waals surface area contributed by atoms with Gasteiger partial charge < -0.3 is 24.8 Å². The Bertz CT molecular complexity index is 1160. The Morgan fingerprint density at radius 3 is 2.26 bits per heavy atom. The normalized spacial score (nSPS) is 12.2. The molecule has 0 radical (unpaired) electrons. The van der Waals surface area contributed by atoms with Gasteiger partial charge in [0.1, 0.15) is 19.0 Å². The minimum atomic E-state index is -0.230. The van der Waals surface area contributed by atoms with Gasteiger partial charge in [0.15, 0.2) is 11.5 Å². The molecular weight excluding hydrogens is 446 g/mol. The Labute approximate surface area is 204 Å². The average Bonchev–Trinajstić information content (AvgIpc) is 2.85. The van der Waals surface area contributed by atoms with E-state index in [1.807, 2.05) is 49.2 Å². The molecule has 2 N–H and O–H groups in total. The van der Waals surface area contributed by atoms with Crippen LogP contribution in [0.15, 0.2) is 66.7 Å². The second-order valence-corrected chi connectivity index (χ2v) is 8.19. The fraction of sp³-hybridized carbons (Fsp3) is 0.259. The van der Waals surface area contributed by atoms with E-state index in [0.29, 0.717) is 43.3 Å². The highest BCUT2D eigenvalue weighted by atomic mass is 16.6. The van der Waals surface area contributed by atoms with Crippen LogP contribution in [-0.4, -0.2) is 50.1 Å². The zero-order valence-corrected chi connectivity index (χ0v) is 19.9. The molecule has 35 heavy (non-hydrogen) atoms. The van der Waals surface area contributed by atoms with Gasteiger partial charge in [0, 0.05) is 23.5 Å². The van der Waals surface area contributed by atoms with Crippen molar-refractivity contribution >= 4 is 23.2 Å². The van der Waals surface area contributed by atoms with Crippen LogP contribution in [0.3, 0.4) is 0 Å². The van der Waals surface area contributed by atoms with Crippen LogP contribution in [0.25, 0.3) is 0 Å². The van der Waals surface area contributed by atoms with E-state index in [-0.39, 0.29) is 18.4 Å². The number of anilines is 2. The molecule has 0 fully saturated rings. The van der Waals surface area contributed by atoms with Crippen molar-refractivity contribution in [3.05, 3.63) is 77.9 Å². The average molecular weight is 476 g/mol. The highest BCUT2D eigenvalue weighted by Crippen LogP contribution is 2.31. The lowest BCUT2D eigenvalue weighted by atomic mass is 10.1. The molecule has 0 unspecified atom stereocenters. The number of ether oxygens (including phenoxy) is 3. The lowest BCUT2D eigenvalue weighted by molar-refractivity contribution is -0.117. The predicted molar refractivity (Wildman–Crippen MR) is 134 cm³/mol. The van der Waals surface area contributed by atoms with Crippen molar-refractivity contribution < 1.29 is 23.8 Å². The summed E-state index contributed by atoms with van der Waals surface area (Å²) in [6.07, 6.45) is 0. The topological polar surface area (TPSA) is 89.1 Å². The Balaban J connectivity index is 1.26. The highest BCUT2D eigenvalue weighted by Gasteiger charge is 2.14. The first-order valence-electron chi connectivity index (χ1n) is 11.5. The molecule has 0 saturated carbocycles. The van der Waals surface area contributed by atoms with Crippen molar-refractivity contribution in [3.8, 4) is 17.2 Å². The number of nitrogens with zero attached hydrogens (tertiary/aromatic N) is 1. The van der Waals surface area contributed by atoms with Crippen LogP contribution in [0.5, 0.6) is 17.2 Å². The highest BCUT2D eigenvalue weighted by molar-refractivity contribution is 6.04. The quantitative estimate of drug-likeness (QED) is 0.483. The summed E-state index contributed by atoms with van der Waals surface area (Å²) in [6.45, 7) is 4.41. The fourth-order valence-corrected chi connectivity index (χ4v) is 3.71. The van der Waals surface area contributed by atoms with E-state index < -0.39 is 0 Å². The first-order chi connectivity index (χ1) is 17.0. The smallest absolute Gasteiger partial charge is 0.255 e. The number of nitrogens with one attached hydrogen (secondary N) is 2. The number of hydrogen-bond donors (Lipinski definition) is 2. The maximum atomic E-state index is 12.5. The van der Waals surface area contributed by atoms with E-state index in [0.717, 1.165) is 22.8 Å². The molecule has 4 rings (SSSR count). The summed E-state index contributed by atoms with van der Waals surface area (Å²) in [6, 6.07) is 19.8. The first kappa shape index (κ1) is 24.1. The summed E-state index contributed by atoms with van der Waals surface area (Å²) in [5.41, 5.74) is 2.83. The molecule has 1 aliphatic rings. The largest absolute Gasteiger partial charge is 0.494 e. The second-order valence-electron chi connectivity index (χ2n) is 8.19. The monoisotopic (exact) mass is 475 g/mol. The zero-order valence-electron chi connectivity index (χ0n) is 19.9. The van der Waals surface area contributed by atoms with Gasteiger partial charge in [-0.25, -0.2) is 0 Å². The summed E-state index contributed by atoms with van der Waals surface area (Å²) in [7, 11) is 1.88. The van der Waals surface area contributed by atoms with Crippen molar-refractivity contribution in [3.63, 3.8) is 0 Å². The van der Waals surface area contributed by atoms with Gasteiger partial charge in [-0.1, -0.05) is 6.07 Å². The summed E-state index contributed by atoms with van der Waals surface area (Å²) in [5.74, 6) is 1.86. The van der Waals surface area contributed by atoms with Gasteiger partial charge >= 0.3 is 0 Å². The summed E-state index contributed by atoms with van der Waals surface area (Å²) >= 11 is 0. The van der Waals surface area contributed by atoms with E-state index in [9.17, 15) is 9.59 Å². The Kier molecular flexibility index (Phi) is 7.84. The second kappa shape index (κ2) is 11.4. The molecular formula is C27H29N3O5. The van der Waals surface area contributed by atoms with E-state index in [2.05, 4.69) is 10.6 Å². The van der Waals surface area contributed by atoms with Gasteiger partial charge in [0.25, 0.3) is 5.91 Å². The third kappa shape index (κ3) is 6.74. The van der Waals surface area contributed by atoms with Gasteiger partial charge in [0.05, 0.1) is 13.2 Å². The van der Waals surface area contributed by atoms with E-state index in [1.165, 1.54) is 0 Å². The summed E-state index contributed by atoms with van der Waals surface area (Å²) < 4.78 is 16.6. The minimum absolute atomic E-state index is 0.142. The van der Waals surface area contributed by atoms with Crippen molar-refractivity contribution in [2.75, 3.05) is 44.0 Å². The molecule has 0 saturated heterocycles. The van der Waals surface area contributed by atoms with E-state index >= 15 is 0 Å². The number of carbonyl (C=O) groups excluding carboxylic acids is 2. The minimum Gasteiger partial charge on any atom is -0.494 e. The number of likely N-dealkylation sites (N-methyl/N-ethyl adjacent to an activating group) is 1. The first-order valence-corrected chi connectivity index (χ1v) is 11.5. The molecule has 0 spiro atoms. The molecule has 8 nitrogen and oxygen atoms in total. The predicted octanol–water partition coefficient (Wildman–Crippen LogP) is 4.18. The number of carbonyl (C=O) groups is 2. The molecule has 1 aliphatic heterocycles. The van der Waals surface area contributed by atoms with Crippen molar-refractivity contribution in [2.24, 2.45) is 0 Å². The Morgan fingerprint density at radius 1 is 0.886 bits per heavy atom. The van der Waals surface area contributed by atoms with Gasteiger partial charge in [-0.05, 0) is 80.2 Å². The van der Waals surface area contributed by atoms with Crippen LogP contribution in [0.2, 0.25) is 0 Å². The molecule has 0 aromatic heterocycles. The lowest BCUT2D eigenvalue weighted by Crippen LogP contribution is -2.29. The maximum Gasteiger partial charge on any atom is 0.255 e. The fourth-order valence-electron chi connectivity index (χ4n) is 3.71. The SMILES string of the molecule is CCOc1ccc(NC(=O)c2ccc(NC(=O)CN(C)Cc3ccc4c(c3)OCCO4)cc2)cc1. The van der Waals surface area contributed by atoms with Gasteiger partial charge in [0.2, 0.25) is 5.91 Å². The van der Waals surface area contributed by atoms with Gasteiger partial charge in [-0.3, -0.25) is 14.5 Å². The van der Waals surface area contributed by atoms with Crippen LogP contribution in [0.1, 0.15) is 22.8 Å². The third-order valence-corrected chi connectivity index (χ3v) is 5.33. The number of rotatable bonds is 9. The van der Waals surface area contributed by atoms with Gasteiger partial charge in [-0.2, -0.15) is 0 Å². The standard InChI is InChI=1S/C27H29N3O5/c1-3-33-23-11-9-22(10-12-23)29-27(32)20-5-7-21(8-6-20)28-26(31)18-30(2)17-19-4-13-24-25(16-19)35-15-14-34-24/h4-13,16H,3,14-15,17-18H2,1-2H3,(H,28,31)(H,29,32). The number of fused-ring (bicyclic) bond motifs is 1. The number of hydrogen-bond acceptors (Lipinski definition) is 6. The van der Waals surface area contributed by atoms with Crippen LogP contribution < -0.4 is 24.8 Å². The molecule has 2 amide bonds. The number of benzene rings is 3. The maximum absolute atomic E-state index is 12.5. The lowest BCUT2D eigenvalue weighted by Gasteiger charge is -2.21. The molecule has 1 heterocycles. The molecule has 182 valence electrons. The summed E-state index contributed by atoms with van der Waals surface area (Å²) in [4.78, 5) is 26.9. The molecule has 3 aromatic carbocycles. The zero-order chi connectivity index (χ0) is 24.6. The van der Waals surface area contributed by atoms with Crippen LogP contribution in [0.4, 0.5) is 11.4 Å².